The Morgan fingerprint density at radius 1 is 0.455 bits per heavy atom. The third-order valence-corrected chi connectivity index (χ3v) is 9.98. The van der Waals surface area contributed by atoms with Crippen molar-refractivity contribution >= 4 is 71.8 Å². The quantitative estimate of drug-likeness (QED) is 0.197. The lowest BCUT2D eigenvalue weighted by Gasteiger charge is -2.22. The monoisotopic (exact) mass is 520 g/mol. The lowest BCUT2D eigenvalue weighted by molar-refractivity contribution is 1.14. The Kier molecular flexibility index (Phi) is 4.58. The van der Waals surface area contributed by atoms with E-state index in [0.29, 0.717) is 0 Å². The summed E-state index contributed by atoms with van der Waals surface area (Å²) in [5, 5.41) is 7.89. The molecule has 33 heavy (non-hydrogen) atoms. The smallest absolute Gasteiger partial charge is 0.0404 e. The summed E-state index contributed by atoms with van der Waals surface area (Å²) in [6, 6.07) is 37.7. The van der Waals surface area contributed by atoms with Crippen LogP contribution in [0, 0.1) is 0 Å². The maximum atomic E-state index is 3.76. The molecule has 0 amide bonds. The van der Waals surface area contributed by atoms with Crippen molar-refractivity contribution in [2.45, 2.75) is 19.6 Å². The third kappa shape index (κ3) is 3.07. The van der Waals surface area contributed by atoms with E-state index in [-0.39, 0.29) is 0 Å². The predicted octanol–water partition coefficient (Wildman–Crippen LogP) is 10.2. The molecular weight excluding hydrogens is 504 g/mol. The van der Waals surface area contributed by atoms with Gasteiger partial charge in [-0.3, -0.25) is 0 Å². The topological polar surface area (TPSA) is 0 Å². The van der Waals surface area contributed by atoms with Gasteiger partial charge in [0.25, 0.3) is 0 Å². The molecule has 0 fully saturated rings. The van der Waals surface area contributed by atoms with Crippen molar-refractivity contribution in [1.82, 2.24) is 0 Å². The molecule has 0 nitrogen and oxygen atoms in total. The minimum atomic E-state index is 1.16. The number of hydrogen-bond donors (Lipinski definition) is 0. The maximum Gasteiger partial charge on any atom is 0.0404 e. The van der Waals surface area contributed by atoms with Gasteiger partial charge in [-0.2, -0.15) is 0 Å². The van der Waals surface area contributed by atoms with Gasteiger partial charge in [0.15, 0.2) is 0 Å². The van der Waals surface area contributed by atoms with Crippen molar-refractivity contribution in [3.8, 4) is 11.1 Å². The molecule has 3 heteroatoms. The normalized spacial score (nSPS) is 12.8. The molecule has 7 rings (SSSR count). The Labute approximate surface area is 209 Å². The first-order valence-corrected chi connectivity index (χ1v) is 13.3. The van der Waals surface area contributed by atoms with Crippen molar-refractivity contribution in [3.63, 3.8) is 0 Å². The highest BCUT2D eigenvalue weighted by Gasteiger charge is 2.22. The molecule has 0 bridgehead atoms. The van der Waals surface area contributed by atoms with Crippen LogP contribution in [-0.4, -0.2) is 0 Å². The molecular formula is C30H17BrS2. The van der Waals surface area contributed by atoms with Crippen molar-refractivity contribution in [1.29, 1.82) is 0 Å². The second kappa shape index (κ2) is 7.66. The summed E-state index contributed by atoms with van der Waals surface area (Å²) in [5.41, 5.74) is 2.56. The molecule has 0 spiro atoms. The molecule has 0 unspecified atom stereocenters. The highest BCUT2D eigenvalue weighted by atomic mass is 79.9. The first kappa shape index (κ1) is 19.7. The average molecular weight is 522 g/mol. The molecule has 6 aromatic rings. The molecule has 0 N–H and O–H groups in total. The predicted molar refractivity (Wildman–Crippen MR) is 147 cm³/mol. The minimum absolute atomic E-state index is 1.16. The molecule has 156 valence electrons. The lowest BCUT2D eigenvalue weighted by atomic mass is 9.92. The van der Waals surface area contributed by atoms with Gasteiger partial charge in [0, 0.05) is 24.1 Å². The van der Waals surface area contributed by atoms with Gasteiger partial charge in [0.1, 0.15) is 0 Å². The maximum absolute atomic E-state index is 3.76. The van der Waals surface area contributed by atoms with Gasteiger partial charge < -0.3 is 0 Å². The third-order valence-electron chi connectivity index (χ3n) is 6.39. The first-order chi connectivity index (χ1) is 16.3. The minimum Gasteiger partial charge on any atom is -0.0877 e. The van der Waals surface area contributed by atoms with Crippen LogP contribution in [0.25, 0.3) is 43.4 Å². The van der Waals surface area contributed by atoms with Gasteiger partial charge in [-0.15, -0.1) is 0 Å². The Morgan fingerprint density at radius 3 is 1.73 bits per heavy atom. The van der Waals surface area contributed by atoms with E-state index < -0.39 is 0 Å². The number of hydrogen-bond acceptors (Lipinski definition) is 2. The molecule has 0 aliphatic carbocycles. The number of fused-ring (bicyclic) bond motifs is 8. The van der Waals surface area contributed by atoms with Crippen LogP contribution in [0.2, 0.25) is 0 Å². The summed E-state index contributed by atoms with van der Waals surface area (Å²) in [6.45, 7) is 0. The zero-order valence-corrected chi connectivity index (χ0v) is 20.7. The van der Waals surface area contributed by atoms with Gasteiger partial charge in [-0.05, 0) is 83.6 Å². The highest BCUT2D eigenvalue weighted by molar-refractivity contribution is 9.10. The van der Waals surface area contributed by atoms with Gasteiger partial charge in [-0.25, -0.2) is 0 Å². The second-order valence-corrected chi connectivity index (χ2v) is 11.2. The van der Waals surface area contributed by atoms with E-state index in [1.807, 2.05) is 23.5 Å². The fraction of sp³-hybridized carbons (Fsp3) is 0. The molecule has 1 aliphatic heterocycles. The largest absolute Gasteiger partial charge is 0.0877 e. The Bertz CT molecular complexity index is 1700. The van der Waals surface area contributed by atoms with E-state index in [1.165, 1.54) is 63.0 Å². The highest BCUT2D eigenvalue weighted by Crippen LogP contribution is 2.54. The summed E-state index contributed by atoms with van der Waals surface area (Å²) in [7, 11) is 0. The second-order valence-electron chi connectivity index (χ2n) is 8.26. The molecule has 1 heterocycles. The first-order valence-electron chi connectivity index (χ1n) is 10.9. The van der Waals surface area contributed by atoms with Crippen LogP contribution in [0.1, 0.15) is 0 Å². The molecule has 6 aromatic carbocycles. The number of benzene rings is 6. The van der Waals surface area contributed by atoms with Crippen LogP contribution in [0.4, 0.5) is 0 Å². The Hall–Kier alpha value is -2.72. The Morgan fingerprint density at radius 2 is 1.03 bits per heavy atom. The van der Waals surface area contributed by atoms with Crippen molar-refractivity contribution < 1.29 is 0 Å². The van der Waals surface area contributed by atoms with Gasteiger partial charge in [0.05, 0.1) is 0 Å². The zero-order chi connectivity index (χ0) is 21.9. The summed E-state index contributed by atoms with van der Waals surface area (Å²) in [5.74, 6) is 0. The zero-order valence-electron chi connectivity index (χ0n) is 17.5. The Balaban J connectivity index is 1.49. The van der Waals surface area contributed by atoms with E-state index in [4.69, 9.17) is 0 Å². The van der Waals surface area contributed by atoms with E-state index >= 15 is 0 Å². The van der Waals surface area contributed by atoms with Crippen molar-refractivity contribution in [3.05, 3.63) is 108 Å². The van der Waals surface area contributed by atoms with Crippen LogP contribution in [0.15, 0.2) is 127 Å². The summed E-state index contributed by atoms with van der Waals surface area (Å²) >= 11 is 7.50. The van der Waals surface area contributed by atoms with Crippen molar-refractivity contribution in [2.24, 2.45) is 0 Å². The van der Waals surface area contributed by atoms with Gasteiger partial charge in [-0.1, -0.05) is 102 Å². The van der Waals surface area contributed by atoms with Gasteiger partial charge >= 0.3 is 0 Å². The number of rotatable bonds is 1. The molecule has 0 aromatic heterocycles. The van der Waals surface area contributed by atoms with Gasteiger partial charge in [0.2, 0.25) is 0 Å². The van der Waals surface area contributed by atoms with E-state index in [1.54, 1.807) is 0 Å². The van der Waals surface area contributed by atoms with Crippen LogP contribution in [0.5, 0.6) is 0 Å². The molecule has 0 saturated heterocycles. The molecule has 0 atom stereocenters. The average Bonchev–Trinajstić information content (AvgIpc) is 2.87. The standard InChI is InChI=1S/C30H17BrS2/c31-26-12-6-14-28-30(26)33-29-19(11-5-13-27(29)32-28)18-15-16-24-22-9-2-1-7-20(22)21-8-3-4-10-23(21)25(24)17-18/h1-17H. The van der Waals surface area contributed by atoms with Crippen LogP contribution >= 0.6 is 39.5 Å². The summed E-state index contributed by atoms with van der Waals surface area (Å²) < 4.78 is 1.16. The van der Waals surface area contributed by atoms with Crippen LogP contribution in [0.3, 0.4) is 0 Å². The summed E-state index contributed by atoms with van der Waals surface area (Å²) in [6.07, 6.45) is 0. The van der Waals surface area contributed by atoms with E-state index in [9.17, 15) is 0 Å². The van der Waals surface area contributed by atoms with Crippen LogP contribution in [-0.2, 0) is 0 Å². The SMILES string of the molecule is Brc1cccc2c1Sc1c(cccc1-c1ccc3c4ccccc4c4ccccc4c3c1)S2. The molecule has 1 aliphatic rings. The van der Waals surface area contributed by atoms with Crippen molar-refractivity contribution in [2.75, 3.05) is 0 Å². The fourth-order valence-corrected chi connectivity index (χ4v) is 8.07. The molecule has 0 radical (unpaired) electrons. The number of halogens is 1. The van der Waals surface area contributed by atoms with E-state index in [0.717, 1.165) is 4.47 Å². The lowest BCUT2D eigenvalue weighted by Crippen LogP contribution is -1.93. The van der Waals surface area contributed by atoms with Crippen LogP contribution < -0.4 is 0 Å². The molecule has 0 saturated carbocycles. The fourth-order valence-electron chi connectivity index (χ4n) is 4.89. The summed E-state index contributed by atoms with van der Waals surface area (Å²) in [4.78, 5) is 5.28. The van der Waals surface area contributed by atoms with E-state index in [2.05, 4.69) is 119 Å².